The molecule has 0 radical (unpaired) electrons. The van der Waals surface area contributed by atoms with Gasteiger partial charge in [-0.15, -0.1) is 0 Å². The number of hydrogen-bond donors (Lipinski definition) is 0. The third-order valence-corrected chi connectivity index (χ3v) is 12.2. The van der Waals surface area contributed by atoms with Gasteiger partial charge in [-0.1, -0.05) is 148 Å². The molecule has 10 nitrogen and oxygen atoms in total. The van der Waals surface area contributed by atoms with E-state index in [9.17, 15) is 28.8 Å². The van der Waals surface area contributed by atoms with Gasteiger partial charge in [-0.05, 0) is 62.8 Å². The van der Waals surface area contributed by atoms with Gasteiger partial charge in [-0.3, -0.25) is 38.6 Å². The van der Waals surface area contributed by atoms with E-state index in [1.165, 1.54) is 86.8 Å². The number of carbonyl (C=O) groups is 6. The maximum absolute atomic E-state index is 13.6. The Balaban J connectivity index is 0.00000992. The van der Waals surface area contributed by atoms with Crippen molar-refractivity contribution in [1.29, 1.82) is 0 Å². The molecular weight excluding hydrogens is 765 g/mol. The highest BCUT2D eigenvalue weighted by Gasteiger charge is 2.36. The molecule has 0 saturated carbocycles. The minimum Gasteiger partial charge on any atom is -0.343 e. The number of fused-ring (bicyclic) bond motifs is 2. The summed E-state index contributed by atoms with van der Waals surface area (Å²) in [4.78, 5) is 85.6. The molecule has 2 aromatic carbocycles. The third-order valence-electron chi connectivity index (χ3n) is 12.2. The average Bonchev–Trinajstić information content (AvgIpc) is 3.65. The van der Waals surface area contributed by atoms with Gasteiger partial charge >= 0.3 is 0 Å². The van der Waals surface area contributed by atoms with E-state index in [1.54, 1.807) is 48.5 Å². The Kier molecular flexibility index (Phi) is 24.3. The number of amides is 6. The minimum absolute atomic E-state index is 0. The molecule has 0 atom stereocenters. The predicted molar refractivity (Wildman–Crippen MR) is 246 cm³/mol. The first-order valence-electron chi connectivity index (χ1n) is 23.7. The monoisotopic (exact) mass is 843 g/mol. The van der Waals surface area contributed by atoms with E-state index in [1.807, 2.05) is 9.80 Å². The Morgan fingerprint density at radius 3 is 0.951 bits per heavy atom. The molecule has 338 valence electrons. The van der Waals surface area contributed by atoms with Gasteiger partial charge in [0.05, 0.1) is 22.3 Å². The molecular formula is C51H78N4O6. The zero-order valence-corrected chi connectivity index (χ0v) is 37.1. The van der Waals surface area contributed by atoms with E-state index in [2.05, 4.69) is 13.8 Å². The Hall–Kier alpha value is -4.34. The van der Waals surface area contributed by atoms with Gasteiger partial charge in [-0.25, -0.2) is 0 Å². The summed E-state index contributed by atoms with van der Waals surface area (Å²) in [5, 5.41) is 0. The van der Waals surface area contributed by atoms with E-state index in [-0.39, 0.29) is 56.0 Å². The Morgan fingerprint density at radius 2 is 0.656 bits per heavy atom. The first-order chi connectivity index (χ1) is 29.3. The minimum atomic E-state index is -0.279. The Bertz CT molecular complexity index is 1480. The smallest absolute Gasteiger partial charge is 0.261 e. The fraction of sp³-hybridized carbons (Fsp3) is 0.647. The van der Waals surface area contributed by atoms with Crippen molar-refractivity contribution in [3.05, 3.63) is 70.8 Å². The number of benzene rings is 2. The summed E-state index contributed by atoms with van der Waals surface area (Å²) in [5.41, 5.74) is 1.73. The van der Waals surface area contributed by atoms with Crippen LogP contribution in [-0.2, 0) is 9.59 Å². The van der Waals surface area contributed by atoms with Gasteiger partial charge in [-0.2, -0.15) is 0 Å². The maximum atomic E-state index is 13.6. The van der Waals surface area contributed by atoms with Crippen molar-refractivity contribution < 1.29 is 28.8 Å². The molecule has 0 bridgehead atoms. The summed E-state index contributed by atoms with van der Waals surface area (Å²) in [5.74, 6) is -0.924. The van der Waals surface area contributed by atoms with Gasteiger partial charge in [0, 0.05) is 52.1 Å². The van der Waals surface area contributed by atoms with Crippen LogP contribution in [-0.4, -0.2) is 94.3 Å². The summed E-state index contributed by atoms with van der Waals surface area (Å²) in [6.07, 6.45) is 24.5. The van der Waals surface area contributed by atoms with Crippen LogP contribution in [0.3, 0.4) is 0 Å². The first kappa shape index (κ1) is 51.0. The van der Waals surface area contributed by atoms with Crippen LogP contribution in [0.2, 0.25) is 0 Å². The highest BCUT2D eigenvalue weighted by atomic mass is 16.2. The second-order valence-corrected chi connectivity index (χ2v) is 16.9. The lowest BCUT2D eigenvalue weighted by molar-refractivity contribution is -0.133. The summed E-state index contributed by atoms with van der Waals surface area (Å²) >= 11 is 0. The van der Waals surface area contributed by atoms with Gasteiger partial charge < -0.3 is 9.80 Å². The number of unbranched alkanes of at least 4 members (excludes halogenated alkanes) is 17. The van der Waals surface area contributed by atoms with Crippen molar-refractivity contribution >= 4 is 35.4 Å². The van der Waals surface area contributed by atoms with Crippen molar-refractivity contribution in [2.24, 2.45) is 0 Å². The molecule has 0 spiro atoms. The summed E-state index contributed by atoms with van der Waals surface area (Å²) in [7, 11) is 0. The van der Waals surface area contributed by atoms with E-state index < -0.39 is 0 Å². The Morgan fingerprint density at radius 1 is 0.393 bits per heavy atom. The van der Waals surface area contributed by atoms with E-state index >= 15 is 0 Å². The van der Waals surface area contributed by atoms with Crippen LogP contribution >= 0.6 is 0 Å². The highest BCUT2D eigenvalue weighted by Crippen LogP contribution is 2.24. The number of imide groups is 2. The highest BCUT2D eigenvalue weighted by molar-refractivity contribution is 6.22. The SMILES string of the molecule is C.CCCCCCCCCCCC(=O)N(CCCCN(CCCN1C(=O)c2ccccc2C1=O)C(=O)CCCCCCCCCCC)CCCN1C(=O)c2ccccc2C1=O. The number of rotatable bonds is 33. The van der Waals surface area contributed by atoms with Crippen molar-refractivity contribution in [3.8, 4) is 0 Å². The molecule has 0 saturated heterocycles. The fourth-order valence-electron chi connectivity index (χ4n) is 8.54. The molecule has 0 fully saturated rings. The predicted octanol–water partition coefficient (Wildman–Crippen LogP) is 11.3. The van der Waals surface area contributed by atoms with Crippen LogP contribution in [0.5, 0.6) is 0 Å². The number of nitrogens with zero attached hydrogens (tertiary/aromatic N) is 4. The molecule has 2 aromatic rings. The third kappa shape index (κ3) is 16.5. The molecule has 6 amide bonds. The average molecular weight is 843 g/mol. The standard InChI is InChI=1S/C50H74N4O6.CH4/c1-3-5-7-9-11-13-15-17-19-33-45(55)51(37-27-39-53-47(57)41-29-21-22-30-42(41)48(53)58)35-25-26-36-52(46(56)34-20-18-16-14-12-10-8-6-4-2)38-28-40-54-49(59)43-31-23-24-32-44(43)50(54)60;/h21-24,29-32H,3-20,25-28,33-40H2,1-2H3;1H4. The summed E-state index contributed by atoms with van der Waals surface area (Å²) in [6.45, 7) is 6.93. The second-order valence-electron chi connectivity index (χ2n) is 16.9. The fourth-order valence-corrected chi connectivity index (χ4v) is 8.54. The molecule has 0 aliphatic carbocycles. The largest absolute Gasteiger partial charge is 0.343 e. The molecule has 2 aliphatic heterocycles. The number of carbonyl (C=O) groups excluding carboxylic acids is 6. The molecule has 0 unspecified atom stereocenters. The summed E-state index contributed by atoms with van der Waals surface area (Å²) < 4.78 is 0. The molecule has 10 heteroatoms. The van der Waals surface area contributed by atoms with E-state index in [0.29, 0.717) is 87.0 Å². The zero-order chi connectivity index (χ0) is 43.0. The molecule has 61 heavy (non-hydrogen) atoms. The van der Waals surface area contributed by atoms with Crippen LogP contribution in [0, 0.1) is 0 Å². The van der Waals surface area contributed by atoms with Crippen LogP contribution < -0.4 is 0 Å². The van der Waals surface area contributed by atoms with Gasteiger partial charge in [0.2, 0.25) is 11.8 Å². The quantitative estimate of drug-likeness (QED) is 0.0522. The van der Waals surface area contributed by atoms with Gasteiger partial charge in [0.15, 0.2) is 0 Å². The van der Waals surface area contributed by atoms with Crippen molar-refractivity contribution in [2.45, 2.75) is 175 Å². The lowest BCUT2D eigenvalue weighted by atomic mass is 10.1. The second kappa shape index (κ2) is 29.1. The van der Waals surface area contributed by atoms with Crippen LogP contribution in [0.4, 0.5) is 0 Å². The van der Waals surface area contributed by atoms with Gasteiger partial charge in [0.25, 0.3) is 23.6 Å². The normalized spacial score (nSPS) is 13.1. The lowest BCUT2D eigenvalue weighted by Crippen LogP contribution is -2.38. The molecule has 0 N–H and O–H groups in total. The zero-order valence-electron chi connectivity index (χ0n) is 37.1. The van der Waals surface area contributed by atoms with Crippen molar-refractivity contribution in [2.75, 3.05) is 39.3 Å². The molecule has 2 aliphatic rings. The van der Waals surface area contributed by atoms with Crippen LogP contribution in [0.25, 0.3) is 0 Å². The van der Waals surface area contributed by atoms with Crippen molar-refractivity contribution in [1.82, 2.24) is 19.6 Å². The van der Waals surface area contributed by atoms with Crippen LogP contribution in [0.1, 0.15) is 217 Å². The van der Waals surface area contributed by atoms with Gasteiger partial charge in [0.1, 0.15) is 0 Å². The lowest BCUT2D eigenvalue weighted by Gasteiger charge is -2.26. The van der Waals surface area contributed by atoms with E-state index in [0.717, 1.165) is 38.5 Å². The first-order valence-corrected chi connectivity index (χ1v) is 23.7. The van der Waals surface area contributed by atoms with Crippen molar-refractivity contribution in [3.63, 3.8) is 0 Å². The summed E-state index contributed by atoms with van der Waals surface area (Å²) in [6, 6.07) is 13.8. The topological polar surface area (TPSA) is 115 Å². The number of hydrogen-bond acceptors (Lipinski definition) is 6. The maximum Gasteiger partial charge on any atom is 0.261 e. The van der Waals surface area contributed by atoms with E-state index in [4.69, 9.17) is 0 Å². The van der Waals surface area contributed by atoms with Crippen LogP contribution in [0.15, 0.2) is 48.5 Å². The molecule has 4 rings (SSSR count). The Labute approximate surface area is 368 Å². The molecule has 0 aromatic heterocycles. The molecule has 2 heterocycles.